The summed E-state index contributed by atoms with van der Waals surface area (Å²) in [5, 5.41) is 0. The number of rotatable bonds is 2. The Morgan fingerprint density at radius 3 is 2.67 bits per heavy atom. The van der Waals surface area contributed by atoms with E-state index >= 15 is 0 Å². The predicted molar refractivity (Wildman–Crippen MR) is 75.7 cm³/mol. The lowest BCUT2D eigenvalue weighted by Crippen LogP contribution is -2.41. The lowest BCUT2D eigenvalue weighted by atomic mass is 9.93. The molecule has 1 aliphatic heterocycles. The molecular weight excluding hydrogens is 224 g/mol. The molecule has 0 bridgehead atoms. The fraction of sp³-hybridized carbons (Fsp3) is 0.714. The molecule has 18 heavy (non-hydrogen) atoms. The topological polar surface area (TPSA) is 55.0 Å². The molecule has 1 aliphatic rings. The van der Waals surface area contributed by atoms with Crippen molar-refractivity contribution in [2.75, 3.05) is 17.2 Å². The summed E-state index contributed by atoms with van der Waals surface area (Å²) >= 11 is 0. The van der Waals surface area contributed by atoms with E-state index in [1.165, 1.54) is 12.8 Å². The van der Waals surface area contributed by atoms with Gasteiger partial charge in [-0.3, -0.25) is 0 Å². The van der Waals surface area contributed by atoms with E-state index in [1.807, 2.05) is 6.07 Å². The number of hydrogen-bond donors (Lipinski definition) is 1. The van der Waals surface area contributed by atoms with Gasteiger partial charge < -0.3 is 10.6 Å². The molecule has 2 unspecified atom stereocenters. The summed E-state index contributed by atoms with van der Waals surface area (Å²) in [6.45, 7) is 9.85. The summed E-state index contributed by atoms with van der Waals surface area (Å²) in [6.07, 6.45) is 2.45. The van der Waals surface area contributed by atoms with Crippen molar-refractivity contribution in [1.82, 2.24) is 9.97 Å². The van der Waals surface area contributed by atoms with Gasteiger partial charge in [-0.2, -0.15) is 0 Å². The van der Waals surface area contributed by atoms with Crippen molar-refractivity contribution in [2.24, 2.45) is 5.92 Å². The quantitative estimate of drug-likeness (QED) is 0.874. The van der Waals surface area contributed by atoms with Crippen LogP contribution in [0.3, 0.4) is 0 Å². The van der Waals surface area contributed by atoms with Gasteiger partial charge in [-0.15, -0.1) is 0 Å². The largest absolute Gasteiger partial charge is 0.384 e. The Balaban J connectivity index is 2.27. The second-order valence-electron chi connectivity index (χ2n) is 5.84. The van der Waals surface area contributed by atoms with Crippen LogP contribution >= 0.6 is 0 Å². The van der Waals surface area contributed by atoms with Crippen LogP contribution in [0.5, 0.6) is 0 Å². The molecule has 0 aliphatic carbocycles. The highest BCUT2D eigenvalue weighted by Gasteiger charge is 2.24. The molecular formula is C14H24N4. The van der Waals surface area contributed by atoms with E-state index in [4.69, 9.17) is 5.73 Å². The Morgan fingerprint density at radius 1 is 1.33 bits per heavy atom. The summed E-state index contributed by atoms with van der Waals surface area (Å²) < 4.78 is 0. The third-order valence-electron chi connectivity index (χ3n) is 3.70. The second-order valence-corrected chi connectivity index (χ2v) is 5.84. The van der Waals surface area contributed by atoms with E-state index in [0.717, 1.165) is 24.1 Å². The Morgan fingerprint density at radius 2 is 2.06 bits per heavy atom. The normalized spacial score (nSPS) is 24.6. The van der Waals surface area contributed by atoms with Gasteiger partial charge in [-0.25, -0.2) is 9.97 Å². The number of aromatic nitrogens is 2. The number of nitrogens with zero attached hydrogens (tertiary/aromatic N) is 3. The summed E-state index contributed by atoms with van der Waals surface area (Å²) in [5.74, 6) is 3.53. The molecule has 0 spiro atoms. The maximum Gasteiger partial charge on any atom is 0.135 e. The van der Waals surface area contributed by atoms with Crippen LogP contribution in [0.4, 0.5) is 11.6 Å². The maximum atomic E-state index is 5.90. The van der Waals surface area contributed by atoms with Gasteiger partial charge in [0.05, 0.1) is 0 Å². The van der Waals surface area contributed by atoms with Gasteiger partial charge in [0.15, 0.2) is 0 Å². The number of nitrogens with two attached hydrogens (primary N) is 1. The standard InChI is InChI=1S/C14H24N4/c1-9(2)14-16-12(15)8-13(17-14)18-6-5-10(3)7-11(18)4/h8-11H,5-7H2,1-4H3,(H2,15,16,17). The van der Waals surface area contributed by atoms with Gasteiger partial charge in [0, 0.05) is 24.6 Å². The third kappa shape index (κ3) is 2.74. The van der Waals surface area contributed by atoms with Crippen LogP contribution in [0, 0.1) is 5.92 Å². The zero-order valence-electron chi connectivity index (χ0n) is 11.8. The lowest BCUT2D eigenvalue weighted by Gasteiger charge is -2.37. The Kier molecular flexibility index (Phi) is 3.73. The molecule has 2 heterocycles. The van der Waals surface area contributed by atoms with E-state index in [2.05, 4.69) is 42.6 Å². The zero-order valence-corrected chi connectivity index (χ0v) is 11.8. The molecule has 1 aromatic heterocycles. The summed E-state index contributed by atoms with van der Waals surface area (Å²) in [6, 6.07) is 2.43. The van der Waals surface area contributed by atoms with E-state index in [1.54, 1.807) is 0 Å². The van der Waals surface area contributed by atoms with Gasteiger partial charge in [-0.1, -0.05) is 20.8 Å². The molecule has 100 valence electrons. The first-order valence-corrected chi connectivity index (χ1v) is 6.88. The first-order valence-electron chi connectivity index (χ1n) is 6.88. The van der Waals surface area contributed by atoms with Crippen LogP contribution in [0.1, 0.15) is 52.3 Å². The minimum Gasteiger partial charge on any atom is -0.384 e. The van der Waals surface area contributed by atoms with Crippen molar-refractivity contribution < 1.29 is 0 Å². The van der Waals surface area contributed by atoms with Crippen LogP contribution in [-0.2, 0) is 0 Å². The van der Waals surface area contributed by atoms with E-state index in [9.17, 15) is 0 Å². The number of nitrogen functional groups attached to an aromatic ring is 1. The van der Waals surface area contributed by atoms with Crippen LogP contribution in [0.2, 0.25) is 0 Å². The van der Waals surface area contributed by atoms with Gasteiger partial charge in [-0.05, 0) is 25.7 Å². The van der Waals surface area contributed by atoms with E-state index < -0.39 is 0 Å². The van der Waals surface area contributed by atoms with Gasteiger partial charge in [0.25, 0.3) is 0 Å². The van der Waals surface area contributed by atoms with Crippen molar-refractivity contribution in [3.8, 4) is 0 Å². The lowest BCUT2D eigenvalue weighted by molar-refractivity contribution is 0.375. The second kappa shape index (κ2) is 5.12. The fourth-order valence-corrected chi connectivity index (χ4v) is 2.62. The van der Waals surface area contributed by atoms with Crippen molar-refractivity contribution in [1.29, 1.82) is 0 Å². The van der Waals surface area contributed by atoms with Crippen molar-refractivity contribution >= 4 is 11.6 Å². The highest BCUT2D eigenvalue weighted by Crippen LogP contribution is 2.28. The highest BCUT2D eigenvalue weighted by atomic mass is 15.2. The minimum atomic E-state index is 0.311. The minimum absolute atomic E-state index is 0.311. The monoisotopic (exact) mass is 248 g/mol. The average molecular weight is 248 g/mol. The average Bonchev–Trinajstić information content (AvgIpc) is 2.27. The number of anilines is 2. The molecule has 4 nitrogen and oxygen atoms in total. The van der Waals surface area contributed by atoms with E-state index in [-0.39, 0.29) is 0 Å². The molecule has 1 aromatic rings. The molecule has 0 amide bonds. The highest BCUT2D eigenvalue weighted by molar-refractivity contribution is 5.48. The summed E-state index contributed by atoms with van der Waals surface area (Å²) in [4.78, 5) is 11.3. The molecule has 2 atom stereocenters. The third-order valence-corrected chi connectivity index (χ3v) is 3.70. The van der Waals surface area contributed by atoms with Crippen LogP contribution in [0.15, 0.2) is 6.07 Å². The molecule has 2 N–H and O–H groups in total. The zero-order chi connectivity index (χ0) is 13.3. The van der Waals surface area contributed by atoms with Crippen molar-refractivity contribution in [3.63, 3.8) is 0 Å². The van der Waals surface area contributed by atoms with Crippen LogP contribution in [-0.4, -0.2) is 22.6 Å². The Labute approximate surface area is 110 Å². The summed E-state index contributed by atoms with van der Waals surface area (Å²) in [7, 11) is 0. The van der Waals surface area contributed by atoms with Gasteiger partial charge in [0.2, 0.25) is 0 Å². The first-order chi connectivity index (χ1) is 8.47. The van der Waals surface area contributed by atoms with Gasteiger partial charge in [0.1, 0.15) is 17.5 Å². The van der Waals surface area contributed by atoms with Crippen LogP contribution < -0.4 is 10.6 Å². The SMILES string of the molecule is CC1CCN(c2cc(N)nc(C(C)C)n2)C(C)C1. The first kappa shape index (κ1) is 13.1. The van der Waals surface area contributed by atoms with Crippen LogP contribution in [0.25, 0.3) is 0 Å². The number of piperidine rings is 1. The Bertz CT molecular complexity index is 416. The Hall–Kier alpha value is -1.32. The molecule has 4 heteroatoms. The molecule has 0 radical (unpaired) electrons. The maximum absolute atomic E-state index is 5.90. The van der Waals surface area contributed by atoms with Gasteiger partial charge >= 0.3 is 0 Å². The molecule has 2 rings (SSSR count). The van der Waals surface area contributed by atoms with Crippen molar-refractivity contribution in [3.05, 3.63) is 11.9 Å². The summed E-state index contributed by atoms with van der Waals surface area (Å²) in [5.41, 5.74) is 5.90. The number of hydrogen-bond acceptors (Lipinski definition) is 4. The molecule has 1 fully saturated rings. The molecule has 0 aromatic carbocycles. The molecule has 1 saturated heterocycles. The smallest absolute Gasteiger partial charge is 0.135 e. The van der Waals surface area contributed by atoms with Crippen molar-refractivity contribution in [2.45, 2.75) is 52.5 Å². The molecule has 0 saturated carbocycles. The fourth-order valence-electron chi connectivity index (χ4n) is 2.62. The predicted octanol–water partition coefficient (Wildman–Crippen LogP) is 2.81. The van der Waals surface area contributed by atoms with E-state index in [0.29, 0.717) is 17.8 Å².